The Labute approximate surface area is 285 Å². The van der Waals surface area contributed by atoms with Gasteiger partial charge in [-0.2, -0.15) is 0 Å². The SMILES string of the molecule is CN(C)c1ccc([S+](c2ccc(N(C)C)cc2)c2cccc(OCC(=O)OC(C)(C)C)c2)cc1.O=S(=O)([O-])c1c(F)c(F)c(F)c(F)c1F. The minimum Gasteiger partial charge on any atom is -0.744 e. The summed E-state index contributed by atoms with van der Waals surface area (Å²) in [6, 6.07) is 25.3. The molecule has 0 radical (unpaired) electrons. The van der Waals surface area contributed by atoms with Gasteiger partial charge in [0.25, 0.3) is 0 Å². The number of rotatable bonds is 9. The second-order valence-corrected chi connectivity index (χ2v) is 15.1. The number of nitrogens with zero attached hydrogens (tertiary/aromatic N) is 2. The van der Waals surface area contributed by atoms with Crippen molar-refractivity contribution in [2.45, 2.75) is 46.0 Å². The lowest BCUT2D eigenvalue weighted by atomic mass is 10.2. The van der Waals surface area contributed by atoms with Crippen LogP contribution in [0.2, 0.25) is 0 Å². The van der Waals surface area contributed by atoms with E-state index < -0.39 is 49.7 Å². The number of ether oxygens (including phenoxy) is 2. The molecule has 0 N–H and O–H groups in total. The molecule has 0 aromatic heterocycles. The fourth-order valence-corrected chi connectivity index (χ4v) is 6.88. The first-order valence-electron chi connectivity index (χ1n) is 14.4. The van der Waals surface area contributed by atoms with Crippen molar-refractivity contribution in [3.8, 4) is 5.75 Å². The minimum atomic E-state index is -5.77. The molecule has 49 heavy (non-hydrogen) atoms. The Morgan fingerprint density at radius 2 is 1.14 bits per heavy atom. The number of anilines is 2. The van der Waals surface area contributed by atoms with Gasteiger partial charge in [0.1, 0.15) is 26.4 Å². The van der Waals surface area contributed by atoms with Crippen LogP contribution in [0.25, 0.3) is 0 Å². The zero-order valence-electron chi connectivity index (χ0n) is 27.7. The smallest absolute Gasteiger partial charge is 0.344 e. The second-order valence-electron chi connectivity index (χ2n) is 11.8. The summed E-state index contributed by atoms with van der Waals surface area (Å²) in [6.07, 6.45) is 0. The van der Waals surface area contributed by atoms with Crippen LogP contribution in [-0.4, -0.2) is 59.3 Å². The lowest BCUT2D eigenvalue weighted by molar-refractivity contribution is -0.157. The lowest BCUT2D eigenvalue weighted by Crippen LogP contribution is -2.27. The van der Waals surface area contributed by atoms with Crippen molar-refractivity contribution in [2.24, 2.45) is 0 Å². The van der Waals surface area contributed by atoms with Gasteiger partial charge < -0.3 is 23.8 Å². The molecule has 4 rings (SSSR count). The van der Waals surface area contributed by atoms with Crippen molar-refractivity contribution in [2.75, 3.05) is 44.6 Å². The van der Waals surface area contributed by atoms with Crippen LogP contribution in [0.15, 0.2) is 92.4 Å². The normalized spacial score (nSPS) is 11.5. The molecule has 0 saturated heterocycles. The number of hydrogen-bond donors (Lipinski definition) is 0. The van der Waals surface area contributed by atoms with E-state index in [1.165, 1.54) is 9.79 Å². The Bertz CT molecular complexity index is 1800. The highest BCUT2D eigenvalue weighted by atomic mass is 32.2. The molecule has 0 aliphatic carbocycles. The second kappa shape index (κ2) is 15.9. The van der Waals surface area contributed by atoms with Gasteiger partial charge >= 0.3 is 5.97 Å². The summed E-state index contributed by atoms with van der Waals surface area (Å²) in [5, 5.41) is 0. The van der Waals surface area contributed by atoms with Crippen molar-refractivity contribution >= 4 is 38.4 Å². The highest BCUT2D eigenvalue weighted by Gasteiger charge is 2.30. The Kier molecular flexibility index (Phi) is 12.7. The van der Waals surface area contributed by atoms with Crippen molar-refractivity contribution in [3.05, 3.63) is 102 Å². The first kappa shape index (κ1) is 39.1. The molecule has 0 amide bonds. The maximum Gasteiger partial charge on any atom is 0.344 e. The van der Waals surface area contributed by atoms with Crippen molar-refractivity contribution in [1.82, 2.24) is 0 Å². The highest BCUT2D eigenvalue weighted by Crippen LogP contribution is 2.34. The third kappa shape index (κ3) is 10.3. The summed E-state index contributed by atoms with van der Waals surface area (Å²) in [5.41, 5.74) is 1.78. The highest BCUT2D eigenvalue weighted by molar-refractivity contribution is 7.97. The van der Waals surface area contributed by atoms with Gasteiger partial charge in [-0.25, -0.2) is 35.2 Å². The van der Waals surface area contributed by atoms with E-state index in [9.17, 15) is 39.7 Å². The predicted molar refractivity (Wildman–Crippen MR) is 176 cm³/mol. The van der Waals surface area contributed by atoms with Gasteiger partial charge in [-0.1, -0.05) is 6.07 Å². The molecule has 4 aromatic rings. The van der Waals surface area contributed by atoms with Gasteiger partial charge in [-0.3, -0.25) is 0 Å². The third-order valence-corrected chi connectivity index (χ3v) is 9.49. The molecule has 4 aromatic carbocycles. The molecular weight excluding hydrogens is 692 g/mol. The first-order valence-corrected chi connectivity index (χ1v) is 17.1. The van der Waals surface area contributed by atoms with E-state index in [1.54, 1.807) is 0 Å². The van der Waals surface area contributed by atoms with Crippen molar-refractivity contribution < 1.29 is 49.2 Å². The lowest BCUT2D eigenvalue weighted by Gasteiger charge is -2.19. The predicted octanol–water partition coefficient (Wildman–Crippen LogP) is 6.92. The van der Waals surface area contributed by atoms with E-state index in [1.807, 2.05) is 67.2 Å². The van der Waals surface area contributed by atoms with Crippen LogP contribution in [0.3, 0.4) is 0 Å². The summed E-state index contributed by atoms with van der Waals surface area (Å²) in [4.78, 5) is 17.5. The van der Waals surface area contributed by atoms with Crippen LogP contribution in [-0.2, 0) is 30.5 Å². The van der Waals surface area contributed by atoms with Gasteiger partial charge in [0.15, 0.2) is 44.6 Å². The quantitative estimate of drug-likeness (QED) is 0.0458. The van der Waals surface area contributed by atoms with Crippen molar-refractivity contribution in [3.63, 3.8) is 0 Å². The van der Waals surface area contributed by atoms with Crippen LogP contribution in [0.4, 0.5) is 33.3 Å². The largest absolute Gasteiger partial charge is 0.744 e. The number of carbonyl (C=O) groups excluding carboxylic acids is 1. The van der Waals surface area contributed by atoms with E-state index >= 15 is 0 Å². The molecule has 0 atom stereocenters. The molecule has 264 valence electrons. The number of carbonyl (C=O) groups is 1. The van der Waals surface area contributed by atoms with Crippen LogP contribution in [0, 0.1) is 29.1 Å². The number of halogens is 5. The Balaban J connectivity index is 0.000000362. The summed E-state index contributed by atoms with van der Waals surface area (Å²) in [6.45, 7) is 5.42. The Hall–Kier alpha value is -4.34. The maximum absolute atomic E-state index is 12.6. The summed E-state index contributed by atoms with van der Waals surface area (Å²) >= 11 is 0. The zero-order chi connectivity index (χ0) is 36.8. The van der Waals surface area contributed by atoms with Crippen LogP contribution in [0.1, 0.15) is 20.8 Å². The molecule has 8 nitrogen and oxygen atoms in total. The molecule has 0 saturated carbocycles. The number of hydrogen-bond acceptors (Lipinski definition) is 8. The monoisotopic (exact) mass is 726 g/mol. The molecule has 15 heteroatoms. The third-order valence-electron chi connectivity index (χ3n) is 6.42. The fraction of sp³-hybridized carbons (Fsp3) is 0.265. The van der Waals surface area contributed by atoms with E-state index in [0.29, 0.717) is 5.75 Å². The first-order chi connectivity index (χ1) is 22.7. The zero-order valence-corrected chi connectivity index (χ0v) is 29.3. The summed E-state index contributed by atoms with van der Waals surface area (Å²) < 4.78 is 104. The standard InChI is InChI=1S/C28H35N2O3S.C6HF5O3S/c1-28(2,3)33-27(31)20-32-23-9-8-10-26(19-23)34(24-15-11-21(12-16-24)29(4)5)25-17-13-22(14-18-25)30(6)7;7-1-2(8)4(10)6(15(12,13)14)5(11)3(1)9/h8-19H,20H2,1-7H3;(H,12,13,14)/q+1;/p-1. The topological polar surface area (TPSA) is 99.2 Å². The Morgan fingerprint density at radius 1 is 0.714 bits per heavy atom. The number of esters is 1. The molecular formula is C34H35F5N2O6S2. The molecule has 0 unspecified atom stereocenters. The molecule has 0 heterocycles. The van der Waals surface area contributed by atoms with E-state index in [2.05, 4.69) is 64.4 Å². The molecule has 0 bridgehead atoms. The Morgan fingerprint density at radius 3 is 1.53 bits per heavy atom. The van der Waals surface area contributed by atoms with Gasteiger partial charge in [0.05, 0.1) is 10.9 Å². The van der Waals surface area contributed by atoms with Gasteiger partial charge in [-0.15, -0.1) is 0 Å². The van der Waals surface area contributed by atoms with Gasteiger partial charge in [0, 0.05) is 45.6 Å². The van der Waals surface area contributed by atoms with E-state index in [-0.39, 0.29) is 23.5 Å². The van der Waals surface area contributed by atoms with Gasteiger partial charge in [0.2, 0.25) is 5.82 Å². The van der Waals surface area contributed by atoms with Crippen LogP contribution in [0.5, 0.6) is 5.75 Å². The van der Waals surface area contributed by atoms with Crippen molar-refractivity contribution in [1.29, 1.82) is 0 Å². The average Bonchev–Trinajstić information content (AvgIpc) is 3.02. The van der Waals surface area contributed by atoms with E-state index in [0.717, 1.165) is 16.3 Å². The average molecular weight is 727 g/mol. The van der Waals surface area contributed by atoms with Crippen LogP contribution < -0.4 is 14.5 Å². The molecule has 0 fully saturated rings. The molecule has 0 aliphatic heterocycles. The fourth-order valence-electron chi connectivity index (χ4n) is 4.18. The minimum absolute atomic E-state index is 0.121. The van der Waals surface area contributed by atoms with Crippen LogP contribution >= 0.6 is 0 Å². The van der Waals surface area contributed by atoms with Gasteiger partial charge in [-0.05, 0) is 81.4 Å². The summed E-state index contributed by atoms with van der Waals surface area (Å²) in [5.74, 6) is -12.6. The summed E-state index contributed by atoms with van der Waals surface area (Å²) in [7, 11) is 2.06. The number of benzene rings is 4. The molecule has 0 aliphatic rings. The van der Waals surface area contributed by atoms with E-state index in [4.69, 9.17) is 9.47 Å². The maximum atomic E-state index is 12.6. The molecule has 0 spiro atoms.